The number of sulfone groups is 1. The van der Waals surface area contributed by atoms with Crippen molar-refractivity contribution >= 4 is 66.5 Å². The lowest BCUT2D eigenvalue weighted by Gasteiger charge is -2.34. The number of carbonyl (C=O) groups is 8. The second kappa shape index (κ2) is 53.6. The number of ketones is 5. The van der Waals surface area contributed by atoms with Crippen LogP contribution in [0.25, 0.3) is 0 Å². The van der Waals surface area contributed by atoms with E-state index in [-0.39, 0.29) is 90.8 Å². The number of amides is 3. The van der Waals surface area contributed by atoms with Gasteiger partial charge in [0.05, 0.1) is 11.4 Å². The van der Waals surface area contributed by atoms with Crippen LogP contribution in [0, 0.1) is 58.7 Å². The van der Waals surface area contributed by atoms with Crippen LogP contribution in [0.1, 0.15) is 305 Å². The maximum atomic E-state index is 11.8. The van der Waals surface area contributed by atoms with Gasteiger partial charge in [-0.15, -0.1) is 12.8 Å². The fraction of sp³-hybridized carbons (Fsp3) is 0.640. The highest BCUT2D eigenvalue weighted by molar-refractivity contribution is 7.95. The van der Waals surface area contributed by atoms with Crippen LogP contribution >= 0.6 is 0 Å². The lowest BCUT2D eigenvalue weighted by Crippen LogP contribution is -2.46. The van der Waals surface area contributed by atoms with E-state index >= 15 is 0 Å². The Morgan fingerprint density at radius 3 is 1.16 bits per heavy atom. The number of carbonyl (C=O) groups excluding carboxylic acids is 8. The molecule has 3 rings (SSSR count). The van der Waals surface area contributed by atoms with Crippen molar-refractivity contribution in [3.8, 4) is 24.7 Å². The largest absolute Gasteiger partial charge is 0.395 e. The van der Waals surface area contributed by atoms with E-state index in [4.69, 9.17) is 18.0 Å². The highest BCUT2D eigenvalue weighted by Crippen LogP contribution is 2.29. The molecule has 1 aromatic heterocycles. The Morgan fingerprint density at radius 1 is 0.555 bits per heavy atom. The van der Waals surface area contributed by atoms with E-state index in [1.165, 1.54) is 31.1 Å². The topological polar surface area (TPSA) is 290 Å². The van der Waals surface area contributed by atoms with Gasteiger partial charge in [-0.2, -0.15) is 0 Å². The number of aromatic nitrogens is 2. The monoisotopic (exact) mass is 1580 g/mol. The number of nitrogens with one attached hydrogen (secondary N) is 3. The summed E-state index contributed by atoms with van der Waals surface area (Å²) in [4.78, 5) is 98.2. The number of aliphatic hydroxyl groups excluding tert-OH is 1. The van der Waals surface area contributed by atoms with Crippen molar-refractivity contribution in [3.63, 3.8) is 0 Å². The number of β-amino-alcohol motifs (C(OH)–C–C–N with tert-alkyl or cyclic N) is 1. The second-order valence-corrected chi connectivity index (χ2v) is 41.4. The Bertz CT molecular complexity index is 3480. The minimum absolute atomic E-state index is 0.0170. The molecule has 2 aliphatic rings. The van der Waals surface area contributed by atoms with Gasteiger partial charge < -0.3 is 20.6 Å². The van der Waals surface area contributed by atoms with Crippen molar-refractivity contribution in [3.05, 3.63) is 121 Å². The molecule has 0 aromatic carbocycles. The molecule has 0 radical (unpaired) electrons. The molecule has 0 bridgehead atoms. The van der Waals surface area contributed by atoms with Crippen molar-refractivity contribution in [2.75, 3.05) is 13.2 Å². The van der Waals surface area contributed by atoms with Crippen molar-refractivity contribution in [2.45, 2.75) is 332 Å². The molecule has 0 spiro atoms. The molecular formula is C89H154N6O13S2. The van der Waals surface area contributed by atoms with Gasteiger partial charge >= 0.3 is 0 Å². The minimum atomic E-state index is -3.26. The summed E-state index contributed by atoms with van der Waals surface area (Å²) in [7, 11) is -6.34. The van der Waals surface area contributed by atoms with Crippen LogP contribution < -0.4 is 15.4 Å². The smallest absolute Gasteiger partial charge is 0.296 e. The predicted molar refractivity (Wildman–Crippen MR) is 464 cm³/mol. The zero-order valence-corrected chi connectivity index (χ0v) is 77.0. The molecule has 19 nitrogen and oxygen atoms in total. The van der Waals surface area contributed by atoms with Crippen molar-refractivity contribution in [1.82, 2.24) is 30.2 Å². The first-order valence-electron chi connectivity index (χ1n) is 37.4. The number of unbranched alkanes of at least 4 members (excludes halogenated alkanes) is 1. The maximum Gasteiger partial charge on any atom is 0.296 e. The third kappa shape index (κ3) is 68.7. The van der Waals surface area contributed by atoms with Crippen LogP contribution in [-0.4, -0.2) is 124 Å². The number of sulfonamides is 1. The number of rotatable bonds is 13. The Balaban J connectivity index is -0.000000174. The lowest BCUT2D eigenvalue weighted by molar-refractivity contribution is -0.131. The molecule has 2 aliphatic carbocycles. The van der Waals surface area contributed by atoms with E-state index in [0.717, 1.165) is 78.4 Å². The number of nitrogens with zero attached hydrogens (tertiary/aromatic N) is 3. The summed E-state index contributed by atoms with van der Waals surface area (Å²) in [6.07, 6.45) is 33.1. The number of hydrogen-bond acceptors (Lipinski definition) is 15. The summed E-state index contributed by atoms with van der Waals surface area (Å²) in [6.45, 7) is 83.4. The molecule has 630 valence electrons. The van der Waals surface area contributed by atoms with E-state index in [1.807, 2.05) is 177 Å². The average molecular weight is 1580 g/mol. The average Bonchev–Trinajstić information content (AvgIpc) is 1.21. The predicted octanol–water partition coefficient (Wildman–Crippen LogP) is 18.5. The van der Waals surface area contributed by atoms with E-state index in [1.54, 1.807) is 73.3 Å². The van der Waals surface area contributed by atoms with Gasteiger partial charge in [-0.1, -0.05) is 189 Å². The molecule has 3 amide bonds. The van der Waals surface area contributed by atoms with Crippen molar-refractivity contribution < 1.29 is 60.3 Å². The SMILES string of the molecule is C#CC(=O)C(C)(C)C.C#CC(=O)NC(C)(C)C.C=CC(=O)C(C)(C)C.C=CC(=O)N(CCO)C(C)(C)C.C=CC(=O)NC(C)(C)C.C=CS(=O)(=O)C(C)(C)C.C=CS(=O)(=O)NC(C)(C)C.CC(C)(C)C(=O)C1=CCCC1.CC(C)(C)C(=O)C1=CCCCC1.CCC/C=C/C(=O)C(C)(C)C.Cc1nccc(C(C)(C)C)n1. The molecular weight excluding hydrogens is 1430 g/mol. The summed E-state index contributed by atoms with van der Waals surface area (Å²) in [5, 5.41) is 15.9. The van der Waals surface area contributed by atoms with Crippen molar-refractivity contribution in [1.29, 1.82) is 0 Å². The number of aliphatic hydroxyl groups is 1. The van der Waals surface area contributed by atoms with E-state index in [9.17, 15) is 55.2 Å². The van der Waals surface area contributed by atoms with Crippen LogP contribution in [0.5, 0.6) is 0 Å². The van der Waals surface area contributed by atoms with Gasteiger partial charge in [0.2, 0.25) is 27.6 Å². The summed E-state index contributed by atoms with van der Waals surface area (Å²) < 4.78 is 45.1. The molecule has 110 heavy (non-hydrogen) atoms. The minimum Gasteiger partial charge on any atom is -0.395 e. The first-order chi connectivity index (χ1) is 48.9. The fourth-order valence-corrected chi connectivity index (χ4v) is 8.83. The normalized spacial score (nSPS) is 13.0. The molecule has 0 saturated carbocycles. The van der Waals surface area contributed by atoms with Crippen LogP contribution in [-0.2, 0) is 63.6 Å². The quantitative estimate of drug-likeness (QED) is 0.0811. The molecule has 1 heterocycles. The van der Waals surface area contributed by atoms with Crippen LogP contribution in [0.2, 0.25) is 0 Å². The van der Waals surface area contributed by atoms with Gasteiger partial charge in [0.15, 0.2) is 33.0 Å². The standard InChI is InChI=1S/C11H18O.C10H16O.C10H18O.C9H14N2.C9H17NO2.C7H13NO.C7H11NO.C7H12O.C7H10O.C6H13NO2S.C6H12O2S/c1-11(2,3)10(12)9-7-5-4-6-8-9;1-10(2,3)9(11)8-6-4-5-7-8;1-5-6-7-8-9(11)10(2,3)4;1-7-10-6-5-8(11-7)9(2,3)4;1-5-8(12)10(6-7-11)9(2,3)4;2*1-5-6(9)8-7(2,3)4;2*1-5-6(8)7(2,3)4;1-5-10(8,9)7-6(2,3)4;1-5-9(7,8)6(2,3)4/h7H,4-6,8H2,1-3H3;6H,4-5,7H2,1-3H3;7-8H,5-6H2,1-4H3;5-6H,1-4H3;5,11H,1,6-7H2,2-4H3;5H,1H2,2-4H3,(H,8,9);1H,2-4H3,(H,8,9);5H,1H2,2-4H3;1H,2-4H3;5,7H,1H2,2-4H3;5H,1H2,2-4H3/b;;8-7+;;;;;;;;. The number of Topliss-reactive ketones (excluding diaryl/α,β-unsaturated/α-hetero) is 3. The Hall–Kier alpha value is -7.30. The summed E-state index contributed by atoms with van der Waals surface area (Å²) in [5.41, 5.74) is 1.10. The molecule has 0 saturated heterocycles. The summed E-state index contributed by atoms with van der Waals surface area (Å²) in [5.74, 6) is 5.09. The first-order valence-corrected chi connectivity index (χ1v) is 40.5. The molecule has 0 unspecified atom stereocenters. The van der Waals surface area contributed by atoms with Crippen LogP contribution in [0.4, 0.5) is 0 Å². The van der Waals surface area contributed by atoms with Gasteiger partial charge in [0.1, 0.15) is 5.82 Å². The number of terminal acetylenes is 2. The van der Waals surface area contributed by atoms with Gasteiger partial charge in [-0.05, 0) is 216 Å². The van der Waals surface area contributed by atoms with E-state index < -0.39 is 30.1 Å². The van der Waals surface area contributed by atoms with Gasteiger partial charge in [-0.3, -0.25) is 38.4 Å². The summed E-state index contributed by atoms with van der Waals surface area (Å²) in [6, 6.07) is 1.97. The van der Waals surface area contributed by atoms with Gasteiger partial charge in [-0.25, -0.2) is 31.5 Å². The Morgan fingerprint density at radius 2 is 0.982 bits per heavy atom. The molecule has 21 heteroatoms. The number of hydrogen-bond donors (Lipinski definition) is 4. The van der Waals surface area contributed by atoms with Gasteiger partial charge in [0.25, 0.3) is 5.91 Å². The van der Waals surface area contributed by atoms with E-state index in [2.05, 4.69) is 104 Å². The third-order valence-corrected chi connectivity index (χ3v) is 17.1. The van der Waals surface area contributed by atoms with E-state index in [0.29, 0.717) is 18.1 Å². The molecule has 4 N–H and O–H groups in total. The van der Waals surface area contributed by atoms with Crippen LogP contribution in [0.3, 0.4) is 0 Å². The zero-order chi connectivity index (χ0) is 89.5. The molecule has 1 aromatic rings. The molecule has 0 atom stereocenters. The highest BCUT2D eigenvalue weighted by atomic mass is 32.2. The number of aryl methyl sites for hydroxylation is 1. The number of allylic oxidation sites excluding steroid dienone is 7. The van der Waals surface area contributed by atoms with Gasteiger partial charge in [0, 0.05) is 83.9 Å². The lowest BCUT2D eigenvalue weighted by atomic mass is 9.82. The molecule has 0 aliphatic heterocycles. The molecule has 0 fully saturated rings. The zero-order valence-electron chi connectivity index (χ0n) is 75.3. The second-order valence-electron chi connectivity index (χ2n) is 37.1. The van der Waals surface area contributed by atoms with Crippen molar-refractivity contribution in [2.24, 2.45) is 27.1 Å². The maximum absolute atomic E-state index is 11.8. The van der Waals surface area contributed by atoms with Crippen LogP contribution in [0.15, 0.2) is 110 Å². The highest BCUT2D eigenvalue weighted by Gasteiger charge is 2.29. The Labute approximate surface area is 671 Å². The third-order valence-electron chi connectivity index (χ3n) is 13.6. The first kappa shape index (κ1) is 118. The Kier molecular flexibility index (Phi) is 57.7. The fourth-order valence-electron chi connectivity index (χ4n) is 7.39. The summed E-state index contributed by atoms with van der Waals surface area (Å²) >= 11 is 0.